The third-order valence-electron chi connectivity index (χ3n) is 6.50. The molecule has 11 heteroatoms. The smallest absolute Gasteiger partial charge is 0.416 e. The summed E-state index contributed by atoms with van der Waals surface area (Å²) in [6, 6.07) is 10.7. The van der Waals surface area contributed by atoms with Crippen molar-refractivity contribution in [2.24, 2.45) is 7.05 Å². The van der Waals surface area contributed by atoms with Crippen molar-refractivity contribution in [1.29, 1.82) is 5.26 Å². The number of fused-ring (bicyclic) bond motifs is 1. The predicted molar refractivity (Wildman–Crippen MR) is 137 cm³/mol. The zero-order valence-electron chi connectivity index (χ0n) is 21.8. The Labute approximate surface area is 224 Å². The van der Waals surface area contributed by atoms with Gasteiger partial charge in [0.15, 0.2) is 0 Å². The molecular weight excluding hydrogens is 511 g/mol. The summed E-state index contributed by atoms with van der Waals surface area (Å²) in [5.41, 5.74) is 1.79. The van der Waals surface area contributed by atoms with Gasteiger partial charge in [0.1, 0.15) is 5.82 Å². The molecule has 0 saturated heterocycles. The van der Waals surface area contributed by atoms with Crippen molar-refractivity contribution in [3.05, 3.63) is 70.0 Å². The van der Waals surface area contributed by atoms with Crippen LogP contribution in [0.1, 0.15) is 59.3 Å². The topological polar surface area (TPSA) is 102 Å². The number of aryl methyl sites for hydroxylation is 2. The molecule has 3 heterocycles. The van der Waals surface area contributed by atoms with Gasteiger partial charge in [-0.05, 0) is 67.5 Å². The molecule has 1 aliphatic rings. The molecule has 8 nitrogen and oxygen atoms in total. The lowest BCUT2D eigenvalue weighted by Gasteiger charge is -2.18. The molecule has 1 aromatic carbocycles. The first-order valence-corrected chi connectivity index (χ1v) is 12.8. The lowest BCUT2D eigenvalue weighted by Crippen LogP contribution is -2.15. The van der Waals surface area contributed by atoms with Crippen molar-refractivity contribution in [1.82, 2.24) is 14.8 Å². The fourth-order valence-corrected chi connectivity index (χ4v) is 4.61. The SMILES string of the molecule is CCOC(=O)CC(Cc1cc(OCCc2ccc3c(n2)NCCC3)n(C)n1)c1cc(C#N)cc(C(F)(F)F)c1. The molecule has 1 unspecified atom stereocenters. The van der Waals surface area contributed by atoms with E-state index in [0.717, 1.165) is 43.0 Å². The van der Waals surface area contributed by atoms with Gasteiger partial charge < -0.3 is 14.8 Å². The van der Waals surface area contributed by atoms with E-state index in [1.807, 2.05) is 6.07 Å². The van der Waals surface area contributed by atoms with Crippen molar-refractivity contribution in [3.8, 4) is 11.9 Å². The number of anilines is 1. The van der Waals surface area contributed by atoms with Gasteiger partial charge >= 0.3 is 12.1 Å². The molecule has 3 aromatic rings. The summed E-state index contributed by atoms with van der Waals surface area (Å²) in [6.45, 7) is 3.07. The van der Waals surface area contributed by atoms with Crippen LogP contribution in [0.25, 0.3) is 0 Å². The highest BCUT2D eigenvalue weighted by Gasteiger charge is 2.32. The number of nitrogens with one attached hydrogen (secondary N) is 1. The van der Waals surface area contributed by atoms with Crippen molar-refractivity contribution in [3.63, 3.8) is 0 Å². The molecule has 4 rings (SSSR count). The van der Waals surface area contributed by atoms with E-state index in [-0.39, 0.29) is 30.6 Å². The molecule has 39 heavy (non-hydrogen) atoms. The number of nitrogens with zero attached hydrogens (tertiary/aromatic N) is 4. The number of hydrogen-bond acceptors (Lipinski definition) is 7. The molecule has 2 aromatic heterocycles. The summed E-state index contributed by atoms with van der Waals surface area (Å²) in [5.74, 6) is 0.173. The van der Waals surface area contributed by atoms with Crippen LogP contribution in [0.5, 0.6) is 5.88 Å². The van der Waals surface area contributed by atoms with Crippen LogP contribution in [0.2, 0.25) is 0 Å². The molecule has 0 spiro atoms. The molecule has 1 aliphatic heterocycles. The standard InChI is InChI=1S/C28H30F3N5O3/c1-3-38-26(37)15-21(20-11-18(17-32)12-22(13-20)28(29,30)31)14-24-16-25(36(2)35-24)39-10-8-23-7-6-19-5-4-9-33-27(19)34-23/h6-7,11-13,16,21H,3-5,8-10,14-15H2,1-2H3,(H,33,34). The van der Waals surface area contributed by atoms with E-state index >= 15 is 0 Å². The number of alkyl halides is 3. The van der Waals surface area contributed by atoms with Crippen LogP contribution in [0, 0.1) is 11.3 Å². The van der Waals surface area contributed by atoms with E-state index < -0.39 is 23.6 Å². The Morgan fingerprint density at radius 1 is 1.23 bits per heavy atom. The lowest BCUT2D eigenvalue weighted by molar-refractivity contribution is -0.143. The second kappa shape index (κ2) is 12.2. The fraction of sp³-hybridized carbons (Fsp3) is 0.429. The number of pyridine rings is 1. The molecule has 0 fully saturated rings. The molecule has 0 bridgehead atoms. The Balaban J connectivity index is 1.49. The summed E-state index contributed by atoms with van der Waals surface area (Å²) in [7, 11) is 1.71. The average molecular weight is 542 g/mol. The zero-order valence-corrected chi connectivity index (χ0v) is 21.8. The third-order valence-corrected chi connectivity index (χ3v) is 6.50. The van der Waals surface area contributed by atoms with Crippen LogP contribution < -0.4 is 10.1 Å². The van der Waals surface area contributed by atoms with E-state index in [1.54, 1.807) is 30.8 Å². The number of aromatic nitrogens is 3. The van der Waals surface area contributed by atoms with Crippen LogP contribution in [0.3, 0.4) is 0 Å². The minimum Gasteiger partial charge on any atom is -0.477 e. The first-order chi connectivity index (χ1) is 18.7. The first-order valence-electron chi connectivity index (χ1n) is 12.8. The second-order valence-electron chi connectivity index (χ2n) is 9.40. The van der Waals surface area contributed by atoms with Crippen molar-refractivity contribution >= 4 is 11.8 Å². The molecule has 0 aliphatic carbocycles. The van der Waals surface area contributed by atoms with Gasteiger partial charge in [-0.15, -0.1) is 0 Å². The number of carbonyl (C=O) groups is 1. The summed E-state index contributed by atoms with van der Waals surface area (Å²) in [5, 5.41) is 17.1. The Hall–Kier alpha value is -4.07. The molecule has 0 radical (unpaired) electrons. The van der Waals surface area contributed by atoms with E-state index in [9.17, 15) is 23.2 Å². The Kier molecular flexibility index (Phi) is 8.74. The number of carbonyl (C=O) groups excluding carboxylic acids is 1. The number of halogens is 3. The van der Waals surface area contributed by atoms with Crippen LogP contribution in [0.4, 0.5) is 19.0 Å². The van der Waals surface area contributed by atoms with Gasteiger partial charge in [-0.2, -0.15) is 23.5 Å². The maximum Gasteiger partial charge on any atom is 0.416 e. The maximum atomic E-state index is 13.5. The van der Waals surface area contributed by atoms with Gasteiger partial charge in [-0.3, -0.25) is 4.79 Å². The van der Waals surface area contributed by atoms with E-state index in [2.05, 4.69) is 21.5 Å². The van der Waals surface area contributed by atoms with Gasteiger partial charge in [0.25, 0.3) is 0 Å². The summed E-state index contributed by atoms with van der Waals surface area (Å²) in [6.07, 6.45) is -1.95. The highest BCUT2D eigenvalue weighted by Crippen LogP contribution is 2.34. The van der Waals surface area contributed by atoms with Gasteiger partial charge in [-0.1, -0.05) is 6.07 Å². The fourth-order valence-electron chi connectivity index (χ4n) is 4.61. The lowest BCUT2D eigenvalue weighted by atomic mass is 9.89. The van der Waals surface area contributed by atoms with Crippen LogP contribution in [-0.4, -0.2) is 40.5 Å². The quantitative estimate of drug-likeness (QED) is 0.362. The van der Waals surface area contributed by atoms with Crippen LogP contribution in [0.15, 0.2) is 36.4 Å². The van der Waals surface area contributed by atoms with Crippen molar-refractivity contribution < 1.29 is 27.4 Å². The monoisotopic (exact) mass is 541 g/mol. The van der Waals surface area contributed by atoms with Crippen LogP contribution in [-0.2, 0) is 42.0 Å². The Bertz CT molecular complexity index is 1360. The molecule has 1 atom stereocenters. The van der Waals surface area contributed by atoms with E-state index in [0.29, 0.717) is 24.6 Å². The number of rotatable bonds is 10. The zero-order chi connectivity index (χ0) is 28.0. The summed E-state index contributed by atoms with van der Waals surface area (Å²) < 4.78 is 53.0. The van der Waals surface area contributed by atoms with Crippen molar-refractivity contribution in [2.45, 2.75) is 51.1 Å². The van der Waals surface area contributed by atoms with Crippen LogP contribution >= 0.6 is 0 Å². The second-order valence-corrected chi connectivity index (χ2v) is 9.40. The minimum absolute atomic E-state index is 0.135. The molecular formula is C28H30F3N5O3. The normalized spacial score (nSPS) is 13.6. The summed E-state index contributed by atoms with van der Waals surface area (Å²) in [4.78, 5) is 17.0. The summed E-state index contributed by atoms with van der Waals surface area (Å²) >= 11 is 0. The van der Waals surface area contributed by atoms with Gasteiger partial charge in [-0.25, -0.2) is 9.67 Å². The predicted octanol–water partition coefficient (Wildman–Crippen LogP) is 4.96. The largest absolute Gasteiger partial charge is 0.477 e. The first kappa shape index (κ1) is 28.0. The molecule has 1 N–H and O–H groups in total. The van der Waals surface area contributed by atoms with Gasteiger partial charge in [0.2, 0.25) is 5.88 Å². The number of esters is 1. The van der Waals surface area contributed by atoms with E-state index in [1.165, 1.54) is 11.6 Å². The number of ether oxygens (including phenoxy) is 2. The highest BCUT2D eigenvalue weighted by molar-refractivity contribution is 5.70. The maximum absolute atomic E-state index is 13.5. The molecule has 0 saturated carbocycles. The Morgan fingerprint density at radius 2 is 2.05 bits per heavy atom. The highest BCUT2D eigenvalue weighted by atomic mass is 19.4. The average Bonchev–Trinajstić information content (AvgIpc) is 3.26. The van der Waals surface area contributed by atoms with Crippen molar-refractivity contribution in [2.75, 3.05) is 25.1 Å². The minimum atomic E-state index is -4.63. The third kappa shape index (κ3) is 7.28. The van der Waals surface area contributed by atoms with Gasteiger partial charge in [0.05, 0.1) is 42.5 Å². The molecule has 206 valence electrons. The molecule has 0 amide bonds. The van der Waals surface area contributed by atoms with Gasteiger partial charge in [0, 0.05) is 31.8 Å². The number of nitriles is 1. The number of benzene rings is 1. The Morgan fingerprint density at radius 3 is 2.79 bits per heavy atom. The number of hydrogen-bond donors (Lipinski definition) is 1. The van der Waals surface area contributed by atoms with E-state index in [4.69, 9.17) is 9.47 Å².